The molecule has 4 aliphatic carbocycles. The summed E-state index contributed by atoms with van der Waals surface area (Å²) in [4.78, 5) is 87.2. The van der Waals surface area contributed by atoms with Crippen molar-refractivity contribution < 1.29 is 71.8 Å². The third kappa shape index (κ3) is 8.08. The zero-order valence-electron chi connectivity index (χ0n) is 32.3. The first-order chi connectivity index (χ1) is 25.7. The Hall–Kier alpha value is -4.16. The maximum absolute atomic E-state index is 14.4. The molecule has 18 nitrogen and oxygen atoms in total. The summed E-state index contributed by atoms with van der Waals surface area (Å²) >= 11 is 0. The van der Waals surface area contributed by atoms with Crippen LogP contribution in [0.5, 0.6) is 0 Å². The molecule has 0 aromatic carbocycles. The third-order valence-corrected chi connectivity index (χ3v) is 12.8. The average Bonchev–Trinajstić information content (AvgIpc) is 3.35. The highest BCUT2D eigenvalue weighted by molar-refractivity contribution is 5.97. The lowest BCUT2D eigenvalue weighted by Gasteiger charge is -2.60. The van der Waals surface area contributed by atoms with Gasteiger partial charge in [0.2, 0.25) is 0 Å². The number of ketones is 1. The predicted octanol–water partition coefficient (Wildman–Crippen LogP) is 1.60. The molecule has 0 bridgehead atoms. The van der Waals surface area contributed by atoms with Crippen LogP contribution in [0.15, 0.2) is 5.10 Å². The number of fused-ring (bicyclic) bond motifs is 5. The van der Waals surface area contributed by atoms with E-state index in [4.69, 9.17) is 38.9 Å². The number of nitrogens with two attached hydrogens (primary N) is 1. The van der Waals surface area contributed by atoms with Crippen LogP contribution in [0, 0.1) is 34.5 Å². The molecule has 5 fully saturated rings. The second-order valence-corrected chi connectivity index (χ2v) is 16.0. The minimum atomic E-state index is -1.65. The van der Waals surface area contributed by atoms with E-state index in [0.717, 1.165) is 34.3 Å². The highest BCUT2D eigenvalue weighted by Gasteiger charge is 2.69. The molecule has 4 N–H and O–H groups in total. The highest BCUT2D eigenvalue weighted by Crippen LogP contribution is 2.67. The first-order valence-electron chi connectivity index (χ1n) is 18.7. The van der Waals surface area contributed by atoms with Crippen LogP contribution in [-0.4, -0.2) is 109 Å². The van der Waals surface area contributed by atoms with E-state index in [1.54, 1.807) is 0 Å². The van der Waals surface area contributed by atoms with Crippen LogP contribution in [0.3, 0.4) is 0 Å². The van der Waals surface area contributed by atoms with Gasteiger partial charge in [-0.3, -0.25) is 24.0 Å². The van der Waals surface area contributed by atoms with Crippen molar-refractivity contribution in [1.29, 1.82) is 0 Å². The van der Waals surface area contributed by atoms with E-state index in [0.29, 0.717) is 32.1 Å². The molecule has 7 unspecified atom stereocenters. The number of hydrogen-bond donors (Lipinski definition) is 3. The first-order valence-corrected chi connectivity index (χ1v) is 18.7. The Balaban J connectivity index is 1.37. The molecule has 0 spiro atoms. The maximum Gasteiger partial charge on any atom is 0.339 e. The summed E-state index contributed by atoms with van der Waals surface area (Å²) in [5.41, 5.74) is 4.39. The number of nitrogens with zero attached hydrogens (tertiary/aromatic N) is 1. The topological polar surface area (TPSA) is 255 Å². The van der Waals surface area contributed by atoms with E-state index in [1.807, 2.05) is 6.92 Å². The van der Waals surface area contributed by atoms with E-state index in [9.17, 15) is 38.7 Å². The largest absolute Gasteiger partial charge is 0.467 e. The number of carbonyl (C=O) groups excluding carboxylic acids is 7. The fraction of sp³-hybridized carbons (Fsp3) is 0.784. The van der Waals surface area contributed by atoms with Gasteiger partial charge in [0.25, 0.3) is 0 Å². The summed E-state index contributed by atoms with van der Waals surface area (Å²) in [6, 6.07) is -0.954. The number of hydrazone groups is 1. The Morgan fingerprint density at radius 1 is 0.891 bits per heavy atom. The number of aliphatic hydroxyl groups is 1. The second-order valence-electron chi connectivity index (χ2n) is 16.0. The molecular formula is C37H53N3O15. The third-order valence-electron chi connectivity index (χ3n) is 12.8. The summed E-state index contributed by atoms with van der Waals surface area (Å²) in [7, 11) is 1.11. The number of esters is 5. The molecule has 0 radical (unpaired) electrons. The van der Waals surface area contributed by atoms with Gasteiger partial charge in [0.1, 0.15) is 23.7 Å². The van der Waals surface area contributed by atoms with Gasteiger partial charge in [-0.05, 0) is 68.1 Å². The molecule has 5 rings (SSSR count). The van der Waals surface area contributed by atoms with Gasteiger partial charge in [0.15, 0.2) is 30.7 Å². The summed E-state index contributed by atoms with van der Waals surface area (Å²) < 4.78 is 39.0. The van der Waals surface area contributed by atoms with Crippen molar-refractivity contribution in [2.75, 3.05) is 13.7 Å². The number of methoxy groups -OCH3 is 1. The number of hydrogen-bond acceptors (Lipinski definition) is 16. The SMILES string of the molecule is COC(=O)C1O[C@@H](O[C@@H]2CCC3(C)C(CCC4C3C(=O)CC3(C)C4CC[C@]3(O)C(COC(C)=O)=NNC(N)=O)C2)[C@H](OC(C)=O)[C@@H](OC(C)=O)[C@@H]1OC(C)=O. The number of urea groups is 1. The van der Waals surface area contributed by atoms with Crippen molar-refractivity contribution in [2.24, 2.45) is 45.3 Å². The van der Waals surface area contributed by atoms with Crippen molar-refractivity contribution >= 4 is 47.4 Å². The van der Waals surface area contributed by atoms with Crippen LogP contribution in [0.25, 0.3) is 0 Å². The lowest BCUT2D eigenvalue weighted by molar-refractivity contribution is -0.314. The van der Waals surface area contributed by atoms with E-state index in [1.165, 1.54) is 6.92 Å². The second kappa shape index (κ2) is 16.1. The standard InChI is InChI=1S/C37H53N3O15/c1-17(41)50-16-26(39-40-34(38)47)37(48)13-11-24-23-9-8-21-14-22(10-12-35(21,5)27(23)25(45)15-36(24,37)6)54-33-31(53-20(4)44)29(52-19(3)43)28(51-18(2)42)30(55-33)32(46)49-7/h21-24,27-31,33,48H,8-16H2,1-7H3,(H3,38,40,47)/t21?,22-,23?,24?,27?,28+,29+,30?,31-,33-,35?,36?,37+/m1/s1. The molecule has 306 valence electrons. The molecule has 55 heavy (non-hydrogen) atoms. The summed E-state index contributed by atoms with van der Waals surface area (Å²) in [5.74, 6) is -4.31. The molecule has 0 aromatic heterocycles. The normalized spacial score (nSPS) is 39.6. The Morgan fingerprint density at radius 3 is 2.13 bits per heavy atom. The molecule has 1 saturated heterocycles. The molecule has 18 heteroatoms. The van der Waals surface area contributed by atoms with E-state index in [-0.39, 0.29) is 54.6 Å². The number of primary amides is 1. The van der Waals surface area contributed by atoms with Crippen LogP contribution in [0.2, 0.25) is 0 Å². The fourth-order valence-corrected chi connectivity index (χ4v) is 10.6. The maximum atomic E-state index is 14.4. The quantitative estimate of drug-likeness (QED) is 0.0936. The van der Waals surface area contributed by atoms with Crippen molar-refractivity contribution in [3.05, 3.63) is 0 Å². The van der Waals surface area contributed by atoms with Crippen LogP contribution in [-0.2, 0) is 61.9 Å². The summed E-state index contributed by atoms with van der Waals surface area (Å²) in [5, 5.41) is 16.3. The van der Waals surface area contributed by atoms with Crippen molar-refractivity contribution in [1.82, 2.24) is 5.43 Å². The Labute approximate surface area is 318 Å². The van der Waals surface area contributed by atoms with Gasteiger partial charge < -0.3 is 44.0 Å². The molecule has 2 amide bonds. The van der Waals surface area contributed by atoms with Gasteiger partial charge in [0.05, 0.1) is 13.2 Å². The van der Waals surface area contributed by atoms with Crippen molar-refractivity contribution in [2.45, 2.75) is 135 Å². The van der Waals surface area contributed by atoms with Gasteiger partial charge in [-0.15, -0.1) is 0 Å². The summed E-state index contributed by atoms with van der Waals surface area (Å²) in [6.45, 7) is 8.19. The number of Topliss-reactive ketones (excluding diaryl/α,β-unsaturated/α-hetero) is 1. The van der Waals surface area contributed by atoms with Gasteiger partial charge >= 0.3 is 35.9 Å². The van der Waals surface area contributed by atoms with Crippen LogP contribution < -0.4 is 11.2 Å². The molecular weight excluding hydrogens is 726 g/mol. The zero-order valence-corrected chi connectivity index (χ0v) is 32.3. The monoisotopic (exact) mass is 779 g/mol. The molecule has 4 saturated carbocycles. The Kier molecular flexibility index (Phi) is 12.3. The lowest BCUT2D eigenvalue weighted by Crippen LogP contribution is -2.64. The Bertz CT molecular complexity index is 1600. The van der Waals surface area contributed by atoms with Crippen LogP contribution in [0.1, 0.15) is 92.9 Å². The molecule has 0 aromatic rings. The Morgan fingerprint density at radius 2 is 1.53 bits per heavy atom. The van der Waals surface area contributed by atoms with Crippen molar-refractivity contribution in [3.8, 4) is 0 Å². The number of rotatable bonds is 10. The molecule has 5 aliphatic rings. The van der Waals surface area contributed by atoms with Gasteiger partial charge in [-0.2, -0.15) is 5.10 Å². The van der Waals surface area contributed by atoms with E-state index < -0.39 is 89.1 Å². The minimum absolute atomic E-state index is 0.0116. The van der Waals surface area contributed by atoms with Gasteiger partial charge in [0, 0.05) is 45.4 Å². The van der Waals surface area contributed by atoms with E-state index >= 15 is 0 Å². The molecule has 1 aliphatic heterocycles. The van der Waals surface area contributed by atoms with E-state index in [2.05, 4.69) is 17.5 Å². The van der Waals surface area contributed by atoms with Gasteiger partial charge in [-0.25, -0.2) is 15.0 Å². The highest BCUT2D eigenvalue weighted by atomic mass is 16.7. The number of carbonyl (C=O) groups is 7. The molecule has 13 atom stereocenters. The lowest BCUT2D eigenvalue weighted by atomic mass is 9.44. The van der Waals surface area contributed by atoms with Crippen LogP contribution >= 0.6 is 0 Å². The summed E-state index contributed by atoms with van der Waals surface area (Å²) in [6.07, 6.45) is -4.04. The minimum Gasteiger partial charge on any atom is -0.467 e. The van der Waals surface area contributed by atoms with Gasteiger partial charge in [-0.1, -0.05) is 13.8 Å². The van der Waals surface area contributed by atoms with Crippen molar-refractivity contribution in [3.63, 3.8) is 0 Å². The predicted molar refractivity (Wildman–Crippen MR) is 186 cm³/mol. The smallest absolute Gasteiger partial charge is 0.339 e. The zero-order chi connectivity index (χ0) is 40.6. The fourth-order valence-electron chi connectivity index (χ4n) is 10.6. The number of ether oxygens (including phenoxy) is 7. The number of nitrogens with one attached hydrogen (secondary N) is 1. The van der Waals surface area contributed by atoms with Crippen LogP contribution in [0.4, 0.5) is 4.79 Å². The number of amides is 2. The molecule has 1 heterocycles. The first kappa shape index (κ1) is 42.0. The average molecular weight is 780 g/mol.